The quantitative estimate of drug-likeness (QED) is 0.604. The van der Waals surface area contributed by atoms with E-state index in [1.165, 1.54) is 0 Å². The lowest BCUT2D eigenvalue weighted by Gasteiger charge is -2.25. The van der Waals surface area contributed by atoms with Crippen molar-refractivity contribution in [3.8, 4) is 0 Å². The third kappa shape index (κ3) is 7.20. The Morgan fingerprint density at radius 2 is 1.94 bits per heavy atom. The minimum atomic E-state index is 0.296. The summed E-state index contributed by atoms with van der Waals surface area (Å²) in [5.41, 5.74) is 0. The van der Waals surface area contributed by atoms with Crippen LogP contribution in [0.3, 0.4) is 0 Å². The topological polar surface area (TPSA) is 41.5 Å². The Balaban J connectivity index is 3.88. The molecule has 0 saturated heterocycles. The molecule has 2 unspecified atom stereocenters. The van der Waals surface area contributed by atoms with E-state index in [2.05, 4.69) is 26.1 Å². The second-order valence-electron chi connectivity index (χ2n) is 4.83. The van der Waals surface area contributed by atoms with Crippen molar-refractivity contribution in [2.24, 2.45) is 11.8 Å². The van der Waals surface area contributed by atoms with Crippen LogP contribution in [0.15, 0.2) is 0 Å². The van der Waals surface area contributed by atoms with E-state index in [1.54, 1.807) is 7.11 Å². The minimum Gasteiger partial charge on any atom is -0.396 e. The third-order valence-corrected chi connectivity index (χ3v) is 3.22. The largest absolute Gasteiger partial charge is 0.396 e. The van der Waals surface area contributed by atoms with Gasteiger partial charge in [-0.1, -0.05) is 27.2 Å². The molecule has 0 aromatic heterocycles. The van der Waals surface area contributed by atoms with Crippen LogP contribution in [0.1, 0.15) is 40.0 Å². The van der Waals surface area contributed by atoms with Gasteiger partial charge in [-0.05, 0) is 31.2 Å². The molecule has 0 saturated carbocycles. The van der Waals surface area contributed by atoms with Crippen LogP contribution in [-0.4, -0.2) is 38.0 Å². The molecule has 0 spiro atoms. The Hall–Kier alpha value is -0.120. The van der Waals surface area contributed by atoms with Gasteiger partial charge in [-0.15, -0.1) is 0 Å². The van der Waals surface area contributed by atoms with Gasteiger partial charge < -0.3 is 15.2 Å². The normalized spacial score (nSPS) is 15.4. The lowest BCUT2D eigenvalue weighted by Crippen LogP contribution is -2.38. The second kappa shape index (κ2) is 10.1. The molecule has 2 N–H and O–H groups in total. The van der Waals surface area contributed by atoms with Crippen molar-refractivity contribution in [3.63, 3.8) is 0 Å². The van der Waals surface area contributed by atoms with Crippen LogP contribution in [0.5, 0.6) is 0 Å². The van der Waals surface area contributed by atoms with Gasteiger partial charge in [0.2, 0.25) is 0 Å². The van der Waals surface area contributed by atoms with Crippen molar-refractivity contribution >= 4 is 0 Å². The minimum absolute atomic E-state index is 0.296. The van der Waals surface area contributed by atoms with Crippen LogP contribution in [0.25, 0.3) is 0 Å². The average Bonchev–Trinajstić information content (AvgIpc) is 2.27. The average molecular weight is 231 g/mol. The van der Waals surface area contributed by atoms with E-state index >= 15 is 0 Å². The van der Waals surface area contributed by atoms with Gasteiger partial charge in [-0.2, -0.15) is 0 Å². The Morgan fingerprint density at radius 1 is 1.25 bits per heavy atom. The first kappa shape index (κ1) is 15.9. The second-order valence-corrected chi connectivity index (χ2v) is 4.83. The smallest absolute Gasteiger partial charge is 0.0477 e. The maximum Gasteiger partial charge on any atom is 0.0477 e. The van der Waals surface area contributed by atoms with Crippen LogP contribution in [-0.2, 0) is 4.74 Å². The molecule has 0 aromatic carbocycles. The molecule has 0 aliphatic rings. The molecule has 2 atom stereocenters. The van der Waals surface area contributed by atoms with E-state index in [0.717, 1.165) is 32.4 Å². The summed E-state index contributed by atoms with van der Waals surface area (Å²) in [6.07, 6.45) is 3.09. The first-order valence-electron chi connectivity index (χ1n) is 6.48. The Bertz CT molecular complexity index is 151. The molecule has 0 bridgehead atoms. The van der Waals surface area contributed by atoms with Gasteiger partial charge in [0.1, 0.15) is 0 Å². The van der Waals surface area contributed by atoms with E-state index in [0.29, 0.717) is 24.5 Å². The molecule has 0 rings (SSSR count). The standard InChI is InChI=1S/C13H29NO2/c1-5-12(6-8-15)10-14-13(11(2)3)7-9-16-4/h11-15H,5-10H2,1-4H3. The summed E-state index contributed by atoms with van der Waals surface area (Å²) in [5.74, 6) is 1.22. The SMILES string of the molecule is CCC(CCO)CNC(CCOC)C(C)C. The Labute approximate surface area is 101 Å². The molecule has 98 valence electrons. The fraction of sp³-hybridized carbons (Fsp3) is 1.00. The number of nitrogens with one attached hydrogen (secondary N) is 1. The summed E-state index contributed by atoms with van der Waals surface area (Å²) in [6.45, 7) is 8.77. The molecule has 0 aliphatic heterocycles. The highest BCUT2D eigenvalue weighted by molar-refractivity contribution is 4.72. The number of hydrogen-bond acceptors (Lipinski definition) is 3. The fourth-order valence-corrected chi connectivity index (χ4v) is 1.87. The predicted molar refractivity (Wildman–Crippen MR) is 68.6 cm³/mol. The molecular weight excluding hydrogens is 202 g/mol. The predicted octanol–water partition coefficient (Wildman–Crippen LogP) is 2.05. The van der Waals surface area contributed by atoms with Gasteiger partial charge in [0, 0.05) is 26.4 Å². The van der Waals surface area contributed by atoms with Crippen molar-refractivity contribution in [3.05, 3.63) is 0 Å². The highest BCUT2D eigenvalue weighted by atomic mass is 16.5. The number of aliphatic hydroxyl groups is 1. The number of methoxy groups -OCH3 is 1. The molecule has 0 amide bonds. The summed E-state index contributed by atoms with van der Waals surface area (Å²) in [6, 6.07) is 0.521. The molecular formula is C13H29NO2. The van der Waals surface area contributed by atoms with Gasteiger partial charge in [0.25, 0.3) is 0 Å². The molecule has 3 heteroatoms. The highest BCUT2D eigenvalue weighted by Gasteiger charge is 2.14. The monoisotopic (exact) mass is 231 g/mol. The molecule has 0 radical (unpaired) electrons. The first-order valence-corrected chi connectivity index (χ1v) is 6.48. The molecule has 16 heavy (non-hydrogen) atoms. The van der Waals surface area contributed by atoms with E-state index in [1.807, 2.05) is 0 Å². The van der Waals surface area contributed by atoms with Crippen LogP contribution < -0.4 is 5.32 Å². The van der Waals surface area contributed by atoms with Gasteiger partial charge in [0.05, 0.1) is 0 Å². The maximum atomic E-state index is 8.94. The summed E-state index contributed by atoms with van der Waals surface area (Å²) < 4.78 is 5.12. The lowest BCUT2D eigenvalue weighted by atomic mass is 9.98. The lowest BCUT2D eigenvalue weighted by molar-refractivity contribution is 0.170. The Morgan fingerprint density at radius 3 is 2.38 bits per heavy atom. The summed E-state index contributed by atoms with van der Waals surface area (Å²) in [7, 11) is 1.75. The molecule has 0 aliphatic carbocycles. The van der Waals surface area contributed by atoms with E-state index < -0.39 is 0 Å². The number of rotatable bonds is 10. The molecule has 3 nitrogen and oxygen atoms in total. The van der Waals surface area contributed by atoms with Crippen LogP contribution in [0, 0.1) is 11.8 Å². The highest BCUT2D eigenvalue weighted by Crippen LogP contribution is 2.10. The number of aliphatic hydroxyl groups excluding tert-OH is 1. The zero-order chi connectivity index (χ0) is 12.4. The maximum absolute atomic E-state index is 8.94. The summed E-state index contributed by atoms with van der Waals surface area (Å²) >= 11 is 0. The van der Waals surface area contributed by atoms with Crippen LogP contribution in [0.4, 0.5) is 0 Å². The van der Waals surface area contributed by atoms with Crippen LogP contribution in [0.2, 0.25) is 0 Å². The van der Waals surface area contributed by atoms with Crippen LogP contribution >= 0.6 is 0 Å². The van der Waals surface area contributed by atoms with E-state index in [4.69, 9.17) is 9.84 Å². The number of hydrogen-bond donors (Lipinski definition) is 2. The van der Waals surface area contributed by atoms with Crippen molar-refractivity contribution in [1.82, 2.24) is 5.32 Å². The van der Waals surface area contributed by atoms with Gasteiger partial charge in [-0.25, -0.2) is 0 Å². The van der Waals surface area contributed by atoms with Crippen molar-refractivity contribution in [2.45, 2.75) is 46.1 Å². The van der Waals surface area contributed by atoms with Gasteiger partial charge in [-0.3, -0.25) is 0 Å². The van der Waals surface area contributed by atoms with E-state index in [-0.39, 0.29) is 0 Å². The molecule has 0 aromatic rings. The van der Waals surface area contributed by atoms with Crippen molar-refractivity contribution in [1.29, 1.82) is 0 Å². The fourth-order valence-electron chi connectivity index (χ4n) is 1.87. The summed E-state index contributed by atoms with van der Waals surface area (Å²) in [4.78, 5) is 0. The molecule has 0 fully saturated rings. The zero-order valence-corrected chi connectivity index (χ0v) is 11.3. The Kier molecular flexibility index (Phi) is 9.99. The van der Waals surface area contributed by atoms with Gasteiger partial charge in [0.15, 0.2) is 0 Å². The molecule has 0 heterocycles. The van der Waals surface area contributed by atoms with Gasteiger partial charge >= 0.3 is 0 Å². The first-order chi connectivity index (χ1) is 7.65. The zero-order valence-electron chi connectivity index (χ0n) is 11.3. The summed E-state index contributed by atoms with van der Waals surface area (Å²) in [5, 5.41) is 12.5. The number of ether oxygens (including phenoxy) is 1. The van der Waals surface area contributed by atoms with Crippen molar-refractivity contribution < 1.29 is 9.84 Å². The third-order valence-electron chi connectivity index (χ3n) is 3.22. The van der Waals surface area contributed by atoms with E-state index in [9.17, 15) is 0 Å². The van der Waals surface area contributed by atoms with Crippen molar-refractivity contribution in [2.75, 3.05) is 26.9 Å².